The molecule has 3 rings (SSSR count). The zero-order valence-corrected chi connectivity index (χ0v) is 16.9. The van der Waals surface area contributed by atoms with Gasteiger partial charge in [0.15, 0.2) is 18.1 Å². The number of hydrogen-bond donors (Lipinski definition) is 0. The van der Waals surface area contributed by atoms with E-state index < -0.39 is 0 Å². The quantitative estimate of drug-likeness (QED) is 0.367. The Morgan fingerprint density at radius 2 is 1.90 bits per heavy atom. The number of aryl methyl sites for hydroxylation is 1. The summed E-state index contributed by atoms with van der Waals surface area (Å²) in [5.41, 5.74) is 2.99. The molecule has 1 aromatic heterocycles. The topological polar surface area (TPSA) is 79.0 Å². The molecule has 0 N–H and O–H groups in total. The highest BCUT2D eigenvalue weighted by Gasteiger charge is 2.09. The molecule has 0 bridgehead atoms. The Bertz CT molecular complexity index is 935. The predicted molar refractivity (Wildman–Crippen MR) is 110 cm³/mol. The van der Waals surface area contributed by atoms with Crippen molar-refractivity contribution < 1.29 is 18.8 Å². The Kier molecular flexibility index (Phi) is 7.22. The first-order valence-electron chi connectivity index (χ1n) is 9.61. The summed E-state index contributed by atoms with van der Waals surface area (Å²) in [6, 6.07) is 13.6. The molecule has 0 radical (unpaired) electrons. The standard InChI is InChI=1S/C22H25N3O4/c1-4-12-27-19-11-8-17(13-20(19)26-3)14-23-28-15-21-24-22(25-29-21)18-9-6-16(5-2)7-10-18/h6-11,13-14H,4-5,12,15H2,1-3H3/b23-14-. The molecule has 29 heavy (non-hydrogen) atoms. The molecular formula is C22H25N3O4. The molecular weight excluding hydrogens is 370 g/mol. The van der Waals surface area contributed by atoms with Crippen LogP contribution in [-0.2, 0) is 17.9 Å². The van der Waals surface area contributed by atoms with E-state index in [0.29, 0.717) is 29.8 Å². The third-order valence-electron chi connectivity index (χ3n) is 4.20. The Hall–Kier alpha value is -3.35. The van der Waals surface area contributed by atoms with Crippen LogP contribution in [0.3, 0.4) is 0 Å². The number of rotatable bonds is 10. The lowest BCUT2D eigenvalue weighted by Gasteiger charge is -2.10. The Balaban J connectivity index is 1.55. The minimum atomic E-state index is 0.0887. The number of nitrogens with zero attached hydrogens (tertiary/aromatic N) is 3. The number of ether oxygens (including phenoxy) is 2. The molecule has 0 aliphatic carbocycles. The van der Waals surface area contributed by atoms with Crippen molar-refractivity contribution in [1.29, 1.82) is 0 Å². The van der Waals surface area contributed by atoms with Gasteiger partial charge in [-0.3, -0.25) is 0 Å². The summed E-state index contributed by atoms with van der Waals surface area (Å²) in [4.78, 5) is 9.61. The van der Waals surface area contributed by atoms with Crippen LogP contribution in [0.1, 0.15) is 37.3 Å². The summed E-state index contributed by atoms with van der Waals surface area (Å²) in [5, 5.41) is 7.95. The lowest BCUT2D eigenvalue weighted by molar-refractivity contribution is 0.107. The second-order valence-electron chi connectivity index (χ2n) is 6.33. The average molecular weight is 395 g/mol. The van der Waals surface area contributed by atoms with Gasteiger partial charge >= 0.3 is 0 Å². The van der Waals surface area contributed by atoms with Gasteiger partial charge in [0.05, 0.1) is 19.9 Å². The minimum Gasteiger partial charge on any atom is -0.493 e. The van der Waals surface area contributed by atoms with E-state index in [0.717, 1.165) is 24.0 Å². The van der Waals surface area contributed by atoms with Gasteiger partial charge in [0.1, 0.15) is 0 Å². The van der Waals surface area contributed by atoms with Gasteiger partial charge in [-0.15, -0.1) is 0 Å². The summed E-state index contributed by atoms with van der Waals surface area (Å²) in [5.74, 6) is 2.25. The summed E-state index contributed by atoms with van der Waals surface area (Å²) < 4.78 is 16.2. The molecule has 0 aliphatic rings. The second-order valence-corrected chi connectivity index (χ2v) is 6.33. The van der Waals surface area contributed by atoms with E-state index in [4.69, 9.17) is 18.8 Å². The average Bonchev–Trinajstić information content (AvgIpc) is 3.24. The maximum Gasteiger partial charge on any atom is 0.267 e. The Morgan fingerprint density at radius 3 is 2.62 bits per heavy atom. The molecule has 0 saturated heterocycles. The van der Waals surface area contributed by atoms with Gasteiger partial charge in [-0.2, -0.15) is 4.98 Å². The van der Waals surface area contributed by atoms with E-state index in [1.807, 2.05) is 30.3 Å². The predicted octanol–water partition coefficient (Wildman–Crippen LogP) is 4.65. The molecule has 2 aromatic carbocycles. The maximum absolute atomic E-state index is 5.64. The molecule has 152 valence electrons. The van der Waals surface area contributed by atoms with Gasteiger partial charge in [-0.1, -0.05) is 48.4 Å². The van der Waals surface area contributed by atoms with E-state index in [1.165, 1.54) is 5.56 Å². The van der Waals surface area contributed by atoms with E-state index in [1.54, 1.807) is 13.3 Å². The van der Waals surface area contributed by atoms with Gasteiger partial charge < -0.3 is 18.8 Å². The van der Waals surface area contributed by atoms with Crippen molar-refractivity contribution in [3.63, 3.8) is 0 Å². The maximum atomic E-state index is 5.64. The molecule has 7 heteroatoms. The van der Waals surface area contributed by atoms with Crippen molar-refractivity contribution in [1.82, 2.24) is 10.1 Å². The first-order chi connectivity index (χ1) is 14.2. The monoisotopic (exact) mass is 395 g/mol. The molecule has 3 aromatic rings. The van der Waals surface area contributed by atoms with Crippen LogP contribution in [0.25, 0.3) is 11.4 Å². The van der Waals surface area contributed by atoms with E-state index in [-0.39, 0.29) is 6.61 Å². The van der Waals surface area contributed by atoms with Crippen molar-refractivity contribution in [3.05, 3.63) is 59.5 Å². The van der Waals surface area contributed by atoms with E-state index in [2.05, 4.69) is 41.3 Å². The van der Waals surface area contributed by atoms with Crippen LogP contribution in [0.5, 0.6) is 11.5 Å². The highest BCUT2D eigenvalue weighted by atomic mass is 16.6. The normalized spacial score (nSPS) is 11.0. The number of methoxy groups -OCH3 is 1. The zero-order valence-electron chi connectivity index (χ0n) is 16.9. The number of aromatic nitrogens is 2. The Labute approximate surface area is 170 Å². The van der Waals surface area contributed by atoms with Crippen molar-refractivity contribution in [2.24, 2.45) is 5.16 Å². The largest absolute Gasteiger partial charge is 0.493 e. The summed E-state index contributed by atoms with van der Waals surface area (Å²) in [7, 11) is 1.61. The zero-order chi connectivity index (χ0) is 20.5. The summed E-state index contributed by atoms with van der Waals surface area (Å²) >= 11 is 0. The summed E-state index contributed by atoms with van der Waals surface area (Å²) in [6.45, 7) is 4.90. The fourth-order valence-electron chi connectivity index (χ4n) is 2.61. The van der Waals surface area contributed by atoms with Crippen LogP contribution in [0.2, 0.25) is 0 Å². The van der Waals surface area contributed by atoms with Crippen LogP contribution in [0.4, 0.5) is 0 Å². The Morgan fingerprint density at radius 1 is 1.07 bits per heavy atom. The third-order valence-corrected chi connectivity index (χ3v) is 4.20. The smallest absolute Gasteiger partial charge is 0.267 e. The van der Waals surface area contributed by atoms with Gasteiger partial charge in [0, 0.05) is 11.1 Å². The first kappa shape index (κ1) is 20.4. The van der Waals surface area contributed by atoms with E-state index >= 15 is 0 Å². The number of hydrogen-bond acceptors (Lipinski definition) is 7. The van der Waals surface area contributed by atoms with Gasteiger partial charge in [-0.25, -0.2) is 0 Å². The molecule has 0 fully saturated rings. The van der Waals surface area contributed by atoms with Crippen LogP contribution < -0.4 is 9.47 Å². The molecule has 0 aliphatic heterocycles. The molecule has 0 amide bonds. The second kappa shape index (κ2) is 10.3. The number of benzene rings is 2. The van der Waals surface area contributed by atoms with Gasteiger partial charge in [-0.05, 0) is 36.6 Å². The molecule has 0 atom stereocenters. The van der Waals surface area contributed by atoms with Gasteiger partial charge in [0.25, 0.3) is 5.89 Å². The molecule has 0 saturated carbocycles. The van der Waals surface area contributed by atoms with Crippen molar-refractivity contribution in [2.45, 2.75) is 33.3 Å². The van der Waals surface area contributed by atoms with Gasteiger partial charge in [0.2, 0.25) is 5.82 Å². The van der Waals surface area contributed by atoms with Crippen LogP contribution in [-0.4, -0.2) is 30.1 Å². The lowest BCUT2D eigenvalue weighted by Crippen LogP contribution is -1.98. The van der Waals surface area contributed by atoms with Crippen molar-refractivity contribution >= 4 is 6.21 Å². The third kappa shape index (κ3) is 5.57. The number of oxime groups is 1. The molecule has 0 unspecified atom stereocenters. The lowest BCUT2D eigenvalue weighted by atomic mass is 10.1. The highest BCUT2D eigenvalue weighted by Crippen LogP contribution is 2.27. The minimum absolute atomic E-state index is 0.0887. The van der Waals surface area contributed by atoms with Crippen LogP contribution >= 0.6 is 0 Å². The van der Waals surface area contributed by atoms with Crippen molar-refractivity contribution in [2.75, 3.05) is 13.7 Å². The molecule has 1 heterocycles. The summed E-state index contributed by atoms with van der Waals surface area (Å²) in [6.07, 6.45) is 3.51. The van der Waals surface area contributed by atoms with E-state index in [9.17, 15) is 0 Å². The SMILES string of the molecule is CCCOc1ccc(/C=N\OCc2nc(-c3ccc(CC)cc3)no2)cc1OC. The van der Waals surface area contributed by atoms with Crippen LogP contribution in [0, 0.1) is 0 Å². The first-order valence-corrected chi connectivity index (χ1v) is 9.61. The van der Waals surface area contributed by atoms with Crippen molar-refractivity contribution in [3.8, 4) is 22.9 Å². The molecule has 7 nitrogen and oxygen atoms in total. The highest BCUT2D eigenvalue weighted by molar-refractivity contribution is 5.80. The van der Waals surface area contributed by atoms with Crippen LogP contribution in [0.15, 0.2) is 52.1 Å². The molecule has 0 spiro atoms. The fraction of sp³-hybridized carbons (Fsp3) is 0.318. The fourth-order valence-corrected chi connectivity index (χ4v) is 2.61.